The van der Waals surface area contributed by atoms with Crippen molar-refractivity contribution < 1.29 is 9.53 Å². The lowest BCUT2D eigenvalue weighted by Gasteiger charge is -2.33. The van der Waals surface area contributed by atoms with Crippen LogP contribution in [0.15, 0.2) is 24.3 Å². The number of nitrogens with zero attached hydrogens (tertiary/aromatic N) is 1. The Morgan fingerprint density at radius 2 is 2.05 bits per heavy atom. The molecule has 0 aliphatic carbocycles. The van der Waals surface area contributed by atoms with Gasteiger partial charge in [-0.1, -0.05) is 24.3 Å². The van der Waals surface area contributed by atoms with Gasteiger partial charge in [-0.05, 0) is 42.9 Å². The van der Waals surface area contributed by atoms with Crippen LogP contribution >= 0.6 is 0 Å². The summed E-state index contributed by atoms with van der Waals surface area (Å²) >= 11 is 0. The zero-order valence-corrected chi connectivity index (χ0v) is 12.5. The highest BCUT2D eigenvalue weighted by Crippen LogP contribution is 2.30. The molecule has 0 saturated carbocycles. The number of likely N-dealkylation sites (tertiary alicyclic amines) is 1. The molecule has 0 spiro atoms. The van der Waals surface area contributed by atoms with E-state index in [9.17, 15) is 4.79 Å². The minimum Gasteiger partial charge on any atom is -0.373 e. The van der Waals surface area contributed by atoms with Gasteiger partial charge >= 0.3 is 0 Å². The van der Waals surface area contributed by atoms with Gasteiger partial charge < -0.3 is 15.4 Å². The van der Waals surface area contributed by atoms with Gasteiger partial charge in [0.1, 0.15) is 0 Å². The number of carbonyl (C=O) groups is 1. The minimum atomic E-state index is -0.0744. The molecular weight excluding hydrogens is 264 g/mol. The average Bonchev–Trinajstić information content (AvgIpc) is 2.55. The summed E-state index contributed by atoms with van der Waals surface area (Å²) in [5.41, 5.74) is 8.22. The van der Waals surface area contributed by atoms with E-state index in [1.54, 1.807) is 0 Å². The van der Waals surface area contributed by atoms with E-state index < -0.39 is 0 Å². The molecule has 2 N–H and O–H groups in total. The van der Waals surface area contributed by atoms with Gasteiger partial charge in [-0.2, -0.15) is 0 Å². The van der Waals surface area contributed by atoms with E-state index in [2.05, 4.69) is 18.2 Å². The predicted octanol–water partition coefficient (Wildman–Crippen LogP) is 1.89. The van der Waals surface area contributed by atoms with Crippen molar-refractivity contribution in [3.63, 3.8) is 0 Å². The van der Waals surface area contributed by atoms with Crippen molar-refractivity contribution in [1.82, 2.24) is 4.90 Å². The molecule has 1 fully saturated rings. The highest BCUT2D eigenvalue weighted by Gasteiger charge is 2.27. The molecule has 2 aliphatic rings. The van der Waals surface area contributed by atoms with Crippen molar-refractivity contribution in [2.45, 2.75) is 31.8 Å². The SMILES string of the molecule is NCC1CCN(C(=O)CC2OCCc3ccccc32)CC1. The number of fused-ring (bicyclic) bond motifs is 1. The summed E-state index contributed by atoms with van der Waals surface area (Å²) in [6, 6.07) is 8.31. The third kappa shape index (κ3) is 3.27. The van der Waals surface area contributed by atoms with Gasteiger partial charge in [-0.3, -0.25) is 4.79 Å². The van der Waals surface area contributed by atoms with Crippen LogP contribution in [0, 0.1) is 5.92 Å². The molecule has 1 atom stereocenters. The minimum absolute atomic E-state index is 0.0744. The fraction of sp³-hybridized carbons (Fsp3) is 0.588. The average molecular weight is 288 g/mol. The number of carbonyl (C=O) groups excluding carboxylic acids is 1. The van der Waals surface area contributed by atoms with Gasteiger partial charge in [-0.15, -0.1) is 0 Å². The monoisotopic (exact) mass is 288 g/mol. The molecule has 2 aliphatic heterocycles. The Bertz CT molecular complexity index is 495. The fourth-order valence-corrected chi connectivity index (χ4v) is 3.35. The second kappa shape index (κ2) is 6.58. The number of rotatable bonds is 3. The first-order valence-electron chi connectivity index (χ1n) is 7.95. The van der Waals surface area contributed by atoms with Crippen LogP contribution in [-0.4, -0.2) is 37.0 Å². The van der Waals surface area contributed by atoms with Gasteiger partial charge in [0.15, 0.2) is 0 Å². The summed E-state index contributed by atoms with van der Waals surface area (Å²) in [6.45, 7) is 3.13. The second-order valence-corrected chi connectivity index (χ2v) is 6.07. The zero-order valence-electron chi connectivity index (χ0n) is 12.5. The molecule has 0 aromatic heterocycles. The Morgan fingerprint density at radius 3 is 2.81 bits per heavy atom. The molecular formula is C17H24N2O2. The Labute approximate surface area is 126 Å². The van der Waals surface area contributed by atoms with Crippen molar-refractivity contribution in [1.29, 1.82) is 0 Å². The van der Waals surface area contributed by atoms with Crippen LogP contribution < -0.4 is 5.73 Å². The summed E-state index contributed by atoms with van der Waals surface area (Å²) in [5, 5.41) is 0. The first-order chi connectivity index (χ1) is 10.3. The van der Waals surface area contributed by atoms with E-state index in [-0.39, 0.29) is 12.0 Å². The smallest absolute Gasteiger partial charge is 0.225 e. The molecule has 1 aromatic rings. The molecule has 4 heteroatoms. The van der Waals surface area contributed by atoms with Crippen LogP contribution in [-0.2, 0) is 16.0 Å². The first-order valence-corrected chi connectivity index (χ1v) is 7.95. The van der Waals surface area contributed by atoms with Gasteiger partial charge in [0, 0.05) is 13.1 Å². The normalized spacial score (nSPS) is 22.9. The van der Waals surface area contributed by atoms with Gasteiger partial charge in [0.2, 0.25) is 5.91 Å². The molecule has 4 nitrogen and oxygen atoms in total. The van der Waals surface area contributed by atoms with E-state index in [0.717, 1.165) is 38.9 Å². The number of benzene rings is 1. The van der Waals surface area contributed by atoms with Gasteiger partial charge in [0.25, 0.3) is 0 Å². The third-order valence-electron chi connectivity index (χ3n) is 4.75. The Hall–Kier alpha value is -1.39. The predicted molar refractivity (Wildman–Crippen MR) is 81.8 cm³/mol. The molecule has 1 saturated heterocycles. The van der Waals surface area contributed by atoms with E-state index >= 15 is 0 Å². The summed E-state index contributed by atoms with van der Waals surface area (Å²) in [6.07, 6.45) is 3.40. The Morgan fingerprint density at radius 1 is 1.29 bits per heavy atom. The van der Waals surface area contributed by atoms with Crippen molar-refractivity contribution in [2.24, 2.45) is 11.7 Å². The van der Waals surface area contributed by atoms with Crippen molar-refractivity contribution >= 4 is 5.91 Å². The van der Waals surface area contributed by atoms with E-state index in [1.807, 2.05) is 11.0 Å². The van der Waals surface area contributed by atoms with Crippen LogP contribution in [0.2, 0.25) is 0 Å². The molecule has 3 rings (SSSR count). The number of ether oxygens (including phenoxy) is 1. The maximum absolute atomic E-state index is 12.5. The summed E-state index contributed by atoms with van der Waals surface area (Å²) in [7, 11) is 0. The van der Waals surface area contributed by atoms with Crippen LogP contribution in [0.4, 0.5) is 0 Å². The Balaban J connectivity index is 1.61. The molecule has 1 unspecified atom stereocenters. The Kier molecular flexibility index (Phi) is 4.56. The molecule has 21 heavy (non-hydrogen) atoms. The lowest BCUT2D eigenvalue weighted by atomic mass is 9.94. The first kappa shape index (κ1) is 14.5. The van der Waals surface area contributed by atoms with Crippen LogP contribution in [0.1, 0.15) is 36.5 Å². The standard InChI is InChI=1S/C17H24N2O2/c18-12-13-5-8-19(9-6-13)17(20)11-16-15-4-2-1-3-14(15)7-10-21-16/h1-4,13,16H,5-12,18H2. The fourth-order valence-electron chi connectivity index (χ4n) is 3.35. The topological polar surface area (TPSA) is 55.6 Å². The number of hydrogen-bond acceptors (Lipinski definition) is 3. The van der Waals surface area contributed by atoms with Crippen LogP contribution in [0.5, 0.6) is 0 Å². The molecule has 1 amide bonds. The van der Waals surface area contributed by atoms with Crippen molar-refractivity contribution in [2.75, 3.05) is 26.2 Å². The zero-order chi connectivity index (χ0) is 14.7. The molecule has 0 bridgehead atoms. The molecule has 2 heterocycles. The number of piperidine rings is 1. The maximum Gasteiger partial charge on any atom is 0.225 e. The quantitative estimate of drug-likeness (QED) is 0.924. The highest BCUT2D eigenvalue weighted by atomic mass is 16.5. The van der Waals surface area contributed by atoms with Crippen molar-refractivity contribution in [3.8, 4) is 0 Å². The maximum atomic E-state index is 12.5. The highest BCUT2D eigenvalue weighted by molar-refractivity contribution is 5.77. The van der Waals surface area contributed by atoms with Crippen LogP contribution in [0.3, 0.4) is 0 Å². The van der Waals surface area contributed by atoms with E-state index in [0.29, 0.717) is 18.9 Å². The summed E-state index contributed by atoms with van der Waals surface area (Å²) in [4.78, 5) is 14.5. The molecule has 1 aromatic carbocycles. The number of nitrogens with two attached hydrogens (primary N) is 1. The second-order valence-electron chi connectivity index (χ2n) is 6.07. The third-order valence-corrected chi connectivity index (χ3v) is 4.75. The number of amides is 1. The molecule has 0 radical (unpaired) electrons. The largest absolute Gasteiger partial charge is 0.373 e. The lowest BCUT2D eigenvalue weighted by Crippen LogP contribution is -2.40. The summed E-state index contributed by atoms with van der Waals surface area (Å²) < 4.78 is 5.84. The van der Waals surface area contributed by atoms with Crippen LogP contribution in [0.25, 0.3) is 0 Å². The van der Waals surface area contributed by atoms with Gasteiger partial charge in [0.05, 0.1) is 19.1 Å². The number of hydrogen-bond donors (Lipinski definition) is 1. The molecule has 114 valence electrons. The summed E-state index contributed by atoms with van der Waals surface area (Å²) in [5.74, 6) is 0.799. The lowest BCUT2D eigenvalue weighted by molar-refractivity contribution is -0.136. The van der Waals surface area contributed by atoms with E-state index in [1.165, 1.54) is 11.1 Å². The van der Waals surface area contributed by atoms with Gasteiger partial charge in [-0.25, -0.2) is 0 Å². The van der Waals surface area contributed by atoms with E-state index in [4.69, 9.17) is 10.5 Å². The van der Waals surface area contributed by atoms with Crippen molar-refractivity contribution in [3.05, 3.63) is 35.4 Å².